The number of hydrogen-bond donors (Lipinski definition) is 0. The Labute approximate surface area is 199 Å². The number of non-ortho nitro benzene ring substituents is 2. The number of Topliss-reactive ketones (excluding diaryl/α,β-unsaturated/α-hetero) is 1. The van der Waals surface area contributed by atoms with Gasteiger partial charge in [-0.1, -0.05) is 18.2 Å². The first-order valence-electron chi connectivity index (χ1n) is 10.4. The fourth-order valence-electron chi connectivity index (χ4n) is 3.11. The van der Waals surface area contributed by atoms with Crippen molar-refractivity contribution >= 4 is 23.2 Å². The highest BCUT2D eigenvalue weighted by molar-refractivity contribution is 6.14. The van der Waals surface area contributed by atoms with Crippen LogP contribution in [0.25, 0.3) is 6.08 Å². The number of allylic oxidation sites excluding steroid dienone is 1. The normalized spacial score (nSPS) is 10.8. The molecule has 0 atom stereocenters. The minimum absolute atomic E-state index is 0.0205. The average molecular weight is 473 g/mol. The molecule has 35 heavy (non-hydrogen) atoms. The SMILES string of the molecule is CCOc1cc(/C=C(\C#N)C(=O)c2cccc([N+](=O)[O-])c2)ccc1OCc1ccc([N+](=O)[O-])cc1. The van der Waals surface area contributed by atoms with Gasteiger partial charge in [0, 0.05) is 29.8 Å². The van der Waals surface area contributed by atoms with Crippen molar-refractivity contribution in [3.63, 3.8) is 0 Å². The van der Waals surface area contributed by atoms with Gasteiger partial charge in [-0.2, -0.15) is 5.26 Å². The van der Waals surface area contributed by atoms with Crippen LogP contribution in [0.15, 0.2) is 72.3 Å². The maximum absolute atomic E-state index is 12.7. The first kappa shape index (κ1) is 24.6. The van der Waals surface area contributed by atoms with Crippen molar-refractivity contribution in [2.75, 3.05) is 6.61 Å². The third-order valence-electron chi connectivity index (χ3n) is 4.80. The van der Waals surface area contributed by atoms with Gasteiger partial charge in [0.25, 0.3) is 11.4 Å². The quantitative estimate of drug-likeness (QED) is 0.127. The molecule has 0 heterocycles. The van der Waals surface area contributed by atoms with Crippen molar-refractivity contribution < 1.29 is 24.1 Å². The Morgan fingerprint density at radius 1 is 0.943 bits per heavy atom. The van der Waals surface area contributed by atoms with Gasteiger partial charge < -0.3 is 9.47 Å². The highest BCUT2D eigenvalue weighted by Gasteiger charge is 2.16. The molecule has 0 saturated carbocycles. The summed E-state index contributed by atoms with van der Waals surface area (Å²) in [5.74, 6) is 0.141. The van der Waals surface area contributed by atoms with Crippen molar-refractivity contribution in [3.05, 3.63) is 109 Å². The lowest BCUT2D eigenvalue weighted by Crippen LogP contribution is -2.03. The van der Waals surface area contributed by atoms with E-state index in [4.69, 9.17) is 9.47 Å². The van der Waals surface area contributed by atoms with Crippen molar-refractivity contribution in [2.24, 2.45) is 0 Å². The lowest BCUT2D eigenvalue weighted by Gasteiger charge is -2.13. The van der Waals surface area contributed by atoms with E-state index in [1.54, 1.807) is 37.3 Å². The number of carbonyl (C=O) groups excluding carboxylic acids is 1. The number of nitriles is 1. The molecule has 0 aromatic heterocycles. The van der Waals surface area contributed by atoms with Crippen LogP contribution in [0.4, 0.5) is 11.4 Å². The number of ketones is 1. The number of benzene rings is 3. The highest BCUT2D eigenvalue weighted by atomic mass is 16.6. The van der Waals surface area contributed by atoms with Crippen molar-refractivity contribution in [2.45, 2.75) is 13.5 Å². The van der Waals surface area contributed by atoms with E-state index in [2.05, 4.69) is 0 Å². The topological polar surface area (TPSA) is 146 Å². The molecule has 10 nitrogen and oxygen atoms in total. The van der Waals surface area contributed by atoms with E-state index in [-0.39, 0.29) is 29.1 Å². The second-order valence-corrected chi connectivity index (χ2v) is 7.16. The Morgan fingerprint density at radius 3 is 2.29 bits per heavy atom. The number of nitro benzene ring substituents is 2. The fraction of sp³-hybridized carbons (Fsp3) is 0.120. The lowest BCUT2D eigenvalue weighted by atomic mass is 10.0. The third-order valence-corrected chi connectivity index (χ3v) is 4.80. The van der Waals surface area contributed by atoms with E-state index in [0.717, 1.165) is 11.6 Å². The summed E-state index contributed by atoms with van der Waals surface area (Å²) in [6, 6.07) is 17.8. The minimum Gasteiger partial charge on any atom is -0.490 e. The van der Waals surface area contributed by atoms with Crippen LogP contribution in [-0.4, -0.2) is 22.2 Å². The molecule has 0 aliphatic rings. The fourth-order valence-corrected chi connectivity index (χ4v) is 3.11. The number of rotatable bonds is 10. The van der Waals surface area contributed by atoms with Crippen molar-refractivity contribution in [1.29, 1.82) is 5.26 Å². The van der Waals surface area contributed by atoms with Crippen LogP contribution in [0.2, 0.25) is 0 Å². The molecule has 176 valence electrons. The van der Waals surface area contributed by atoms with Crippen LogP contribution in [0.5, 0.6) is 11.5 Å². The molecular weight excluding hydrogens is 454 g/mol. The maximum Gasteiger partial charge on any atom is 0.270 e. The second kappa shape index (κ2) is 11.2. The summed E-state index contributed by atoms with van der Waals surface area (Å²) in [5, 5.41) is 31.3. The van der Waals surface area contributed by atoms with Gasteiger partial charge in [0.05, 0.1) is 16.5 Å². The summed E-state index contributed by atoms with van der Waals surface area (Å²) in [5.41, 5.74) is 0.768. The molecule has 3 aromatic rings. The van der Waals surface area contributed by atoms with Gasteiger partial charge in [-0.3, -0.25) is 25.0 Å². The van der Waals surface area contributed by atoms with Gasteiger partial charge in [0.15, 0.2) is 11.5 Å². The molecule has 0 fully saturated rings. The number of ether oxygens (including phenoxy) is 2. The zero-order valence-electron chi connectivity index (χ0n) is 18.5. The van der Waals surface area contributed by atoms with Crippen LogP contribution in [0.1, 0.15) is 28.4 Å². The summed E-state index contributed by atoms with van der Waals surface area (Å²) >= 11 is 0. The van der Waals surface area contributed by atoms with Gasteiger partial charge in [0.2, 0.25) is 5.78 Å². The monoisotopic (exact) mass is 473 g/mol. The molecule has 3 rings (SSSR count). The molecule has 0 aliphatic heterocycles. The van der Waals surface area contributed by atoms with Crippen LogP contribution in [-0.2, 0) is 6.61 Å². The third kappa shape index (κ3) is 6.27. The van der Waals surface area contributed by atoms with Gasteiger partial charge in [0.1, 0.15) is 18.2 Å². The smallest absolute Gasteiger partial charge is 0.270 e. The van der Waals surface area contributed by atoms with Gasteiger partial charge in [-0.05, 0) is 48.4 Å². The maximum atomic E-state index is 12.7. The standard InChI is InChI=1S/C25H19N3O7/c1-2-34-24-13-18(8-11-23(24)35-16-17-6-9-21(10-7-17)27(30)31)12-20(15-26)25(29)19-4-3-5-22(14-19)28(32)33/h3-14H,2,16H2,1H3/b20-12+. The van der Waals surface area contributed by atoms with Crippen LogP contribution >= 0.6 is 0 Å². The summed E-state index contributed by atoms with van der Waals surface area (Å²) in [7, 11) is 0. The van der Waals surface area contributed by atoms with E-state index in [9.17, 15) is 30.3 Å². The Hall–Kier alpha value is -5.04. The summed E-state index contributed by atoms with van der Waals surface area (Å²) in [6.07, 6.45) is 1.36. The van der Waals surface area contributed by atoms with Crippen LogP contribution in [0.3, 0.4) is 0 Å². The minimum atomic E-state index is -0.646. The zero-order chi connectivity index (χ0) is 25.4. The summed E-state index contributed by atoms with van der Waals surface area (Å²) in [4.78, 5) is 33.4. The van der Waals surface area contributed by atoms with Crippen molar-refractivity contribution in [3.8, 4) is 17.6 Å². The van der Waals surface area contributed by atoms with E-state index >= 15 is 0 Å². The Bertz CT molecular complexity index is 1340. The molecule has 0 spiro atoms. The Balaban J connectivity index is 1.82. The summed E-state index contributed by atoms with van der Waals surface area (Å²) < 4.78 is 11.4. The first-order valence-corrected chi connectivity index (χ1v) is 10.4. The molecule has 0 radical (unpaired) electrons. The Morgan fingerprint density at radius 2 is 1.66 bits per heavy atom. The van der Waals surface area contributed by atoms with Gasteiger partial charge >= 0.3 is 0 Å². The van der Waals surface area contributed by atoms with Crippen LogP contribution < -0.4 is 9.47 Å². The van der Waals surface area contributed by atoms with E-state index in [0.29, 0.717) is 23.7 Å². The highest BCUT2D eigenvalue weighted by Crippen LogP contribution is 2.30. The largest absolute Gasteiger partial charge is 0.490 e. The predicted octanol–water partition coefficient (Wildman–Crippen LogP) is 5.27. The Kier molecular flexibility index (Phi) is 7.87. The second-order valence-electron chi connectivity index (χ2n) is 7.16. The molecule has 0 saturated heterocycles. The average Bonchev–Trinajstić information content (AvgIpc) is 2.86. The number of nitro groups is 2. The van der Waals surface area contributed by atoms with Gasteiger partial charge in [-0.15, -0.1) is 0 Å². The lowest BCUT2D eigenvalue weighted by molar-refractivity contribution is -0.385. The zero-order valence-corrected chi connectivity index (χ0v) is 18.5. The van der Waals surface area contributed by atoms with Gasteiger partial charge in [-0.25, -0.2) is 0 Å². The first-order chi connectivity index (χ1) is 16.8. The molecule has 0 amide bonds. The number of carbonyl (C=O) groups is 1. The van der Waals surface area contributed by atoms with Crippen molar-refractivity contribution in [1.82, 2.24) is 0 Å². The van der Waals surface area contributed by atoms with E-state index < -0.39 is 15.6 Å². The van der Waals surface area contributed by atoms with E-state index in [1.807, 2.05) is 6.07 Å². The molecule has 10 heteroatoms. The molecule has 3 aromatic carbocycles. The number of nitrogens with zero attached hydrogens (tertiary/aromatic N) is 3. The summed E-state index contributed by atoms with van der Waals surface area (Å²) in [6.45, 7) is 2.26. The molecule has 0 bridgehead atoms. The predicted molar refractivity (Wildman–Crippen MR) is 126 cm³/mol. The molecule has 0 aliphatic carbocycles. The number of hydrogen-bond acceptors (Lipinski definition) is 8. The molecular formula is C25H19N3O7. The van der Waals surface area contributed by atoms with E-state index in [1.165, 1.54) is 36.4 Å². The molecule has 0 unspecified atom stereocenters. The van der Waals surface area contributed by atoms with Crippen LogP contribution in [0, 0.1) is 31.6 Å². The molecule has 0 N–H and O–H groups in total.